The standard InChI is InChI=1S/C9H14N2O2/c1-11(2)6-3-4-7-12-9-5-8-13-10-9/h5-8H2,1-2H3. The van der Waals surface area contributed by atoms with Gasteiger partial charge in [-0.1, -0.05) is 17.0 Å². The van der Waals surface area contributed by atoms with Crippen LogP contribution in [0.1, 0.15) is 6.42 Å². The Morgan fingerprint density at radius 1 is 1.54 bits per heavy atom. The third kappa shape index (κ3) is 4.38. The van der Waals surface area contributed by atoms with Crippen molar-refractivity contribution in [2.75, 3.05) is 33.9 Å². The van der Waals surface area contributed by atoms with E-state index in [1.54, 1.807) is 0 Å². The van der Waals surface area contributed by atoms with Crippen molar-refractivity contribution in [2.45, 2.75) is 6.42 Å². The van der Waals surface area contributed by atoms with E-state index in [0.29, 0.717) is 19.1 Å². The minimum absolute atomic E-state index is 0.399. The summed E-state index contributed by atoms with van der Waals surface area (Å²) in [6.45, 7) is 1.78. The van der Waals surface area contributed by atoms with Crippen molar-refractivity contribution >= 4 is 5.90 Å². The fraction of sp³-hybridized carbons (Fsp3) is 0.667. The lowest BCUT2D eigenvalue weighted by Gasteiger charge is -2.01. The van der Waals surface area contributed by atoms with Gasteiger partial charge in [0.2, 0.25) is 5.90 Å². The van der Waals surface area contributed by atoms with Crippen LogP contribution < -0.4 is 0 Å². The van der Waals surface area contributed by atoms with Crippen molar-refractivity contribution in [3.63, 3.8) is 0 Å². The Morgan fingerprint density at radius 2 is 2.38 bits per heavy atom. The summed E-state index contributed by atoms with van der Waals surface area (Å²) >= 11 is 0. The van der Waals surface area contributed by atoms with Crippen molar-refractivity contribution in [1.29, 1.82) is 0 Å². The minimum Gasteiger partial charge on any atom is -0.465 e. The molecule has 72 valence electrons. The highest BCUT2D eigenvalue weighted by Crippen LogP contribution is 1.99. The van der Waals surface area contributed by atoms with Crippen LogP contribution in [0.5, 0.6) is 0 Å². The van der Waals surface area contributed by atoms with Gasteiger partial charge in [-0.2, -0.15) is 0 Å². The second-order valence-electron chi connectivity index (χ2n) is 2.95. The van der Waals surface area contributed by atoms with E-state index in [0.717, 1.165) is 13.0 Å². The molecular weight excluding hydrogens is 168 g/mol. The number of hydrogen-bond donors (Lipinski definition) is 0. The first-order chi connectivity index (χ1) is 6.29. The molecule has 13 heavy (non-hydrogen) atoms. The van der Waals surface area contributed by atoms with Crippen molar-refractivity contribution in [3.8, 4) is 11.8 Å². The van der Waals surface area contributed by atoms with E-state index in [1.807, 2.05) is 19.0 Å². The van der Waals surface area contributed by atoms with Gasteiger partial charge in [0.05, 0.1) is 13.0 Å². The largest absolute Gasteiger partial charge is 0.465 e. The topological polar surface area (TPSA) is 34.1 Å². The molecule has 0 radical (unpaired) electrons. The molecule has 0 unspecified atom stereocenters. The van der Waals surface area contributed by atoms with Crippen LogP contribution in [0.2, 0.25) is 0 Å². The Labute approximate surface area is 78.5 Å². The number of rotatable bonds is 2. The van der Waals surface area contributed by atoms with Gasteiger partial charge in [-0.15, -0.1) is 0 Å². The average Bonchev–Trinajstić information content (AvgIpc) is 2.55. The molecule has 0 aromatic carbocycles. The Hall–Kier alpha value is -1.21. The van der Waals surface area contributed by atoms with E-state index < -0.39 is 0 Å². The summed E-state index contributed by atoms with van der Waals surface area (Å²) in [4.78, 5) is 6.76. The monoisotopic (exact) mass is 182 g/mol. The summed E-state index contributed by atoms with van der Waals surface area (Å²) in [5.41, 5.74) is 0. The summed E-state index contributed by atoms with van der Waals surface area (Å²) in [5.74, 6) is 6.51. The van der Waals surface area contributed by atoms with Crippen molar-refractivity contribution in [3.05, 3.63) is 0 Å². The number of nitrogens with zero attached hydrogens (tertiary/aromatic N) is 2. The summed E-state index contributed by atoms with van der Waals surface area (Å²) in [6, 6.07) is 0. The molecule has 0 fully saturated rings. The Kier molecular flexibility index (Phi) is 4.13. The lowest BCUT2D eigenvalue weighted by Crippen LogP contribution is -2.11. The first kappa shape index (κ1) is 9.87. The summed E-state index contributed by atoms with van der Waals surface area (Å²) in [5, 5.41) is 3.68. The van der Waals surface area contributed by atoms with Gasteiger partial charge in [0.25, 0.3) is 0 Å². The van der Waals surface area contributed by atoms with E-state index in [2.05, 4.69) is 17.0 Å². The number of hydrogen-bond acceptors (Lipinski definition) is 4. The maximum absolute atomic E-state index is 5.22. The Morgan fingerprint density at radius 3 is 3.00 bits per heavy atom. The normalized spacial score (nSPS) is 14.5. The molecule has 0 aliphatic carbocycles. The zero-order chi connectivity index (χ0) is 9.52. The molecule has 0 aromatic rings. The molecule has 0 saturated carbocycles. The van der Waals surface area contributed by atoms with Gasteiger partial charge < -0.3 is 9.57 Å². The van der Waals surface area contributed by atoms with Crippen molar-refractivity contribution in [1.82, 2.24) is 4.90 Å². The maximum Gasteiger partial charge on any atom is 0.230 e. The minimum atomic E-state index is 0.399. The van der Waals surface area contributed by atoms with Gasteiger partial charge >= 0.3 is 0 Å². The quantitative estimate of drug-likeness (QED) is 0.576. The zero-order valence-corrected chi connectivity index (χ0v) is 8.04. The molecule has 0 spiro atoms. The van der Waals surface area contributed by atoms with Crippen LogP contribution >= 0.6 is 0 Å². The zero-order valence-electron chi connectivity index (χ0n) is 8.04. The smallest absolute Gasteiger partial charge is 0.230 e. The molecule has 1 heterocycles. The van der Waals surface area contributed by atoms with Gasteiger partial charge in [-0.25, -0.2) is 0 Å². The molecule has 0 N–H and O–H groups in total. The van der Waals surface area contributed by atoms with Gasteiger partial charge in [0.1, 0.15) is 6.61 Å². The molecule has 1 rings (SSSR count). The highest BCUT2D eigenvalue weighted by Gasteiger charge is 2.07. The third-order valence-electron chi connectivity index (χ3n) is 1.40. The highest BCUT2D eigenvalue weighted by molar-refractivity contribution is 5.76. The molecule has 4 nitrogen and oxygen atoms in total. The molecule has 1 aliphatic rings. The van der Waals surface area contributed by atoms with Crippen LogP contribution in [0.25, 0.3) is 0 Å². The van der Waals surface area contributed by atoms with Gasteiger partial charge in [-0.05, 0) is 14.1 Å². The van der Waals surface area contributed by atoms with Gasteiger partial charge in [-0.3, -0.25) is 4.90 Å². The maximum atomic E-state index is 5.22. The van der Waals surface area contributed by atoms with Crippen LogP contribution in [-0.4, -0.2) is 44.7 Å². The van der Waals surface area contributed by atoms with E-state index in [9.17, 15) is 0 Å². The number of ether oxygens (including phenoxy) is 1. The van der Waals surface area contributed by atoms with Crippen LogP contribution in [0, 0.1) is 11.8 Å². The lowest BCUT2D eigenvalue weighted by atomic mass is 10.5. The molecule has 0 aromatic heterocycles. The van der Waals surface area contributed by atoms with Gasteiger partial charge in [0, 0.05) is 0 Å². The van der Waals surface area contributed by atoms with Crippen LogP contribution in [0.4, 0.5) is 0 Å². The van der Waals surface area contributed by atoms with E-state index in [4.69, 9.17) is 9.57 Å². The predicted molar refractivity (Wildman–Crippen MR) is 50.3 cm³/mol. The molecule has 0 amide bonds. The Bertz CT molecular complexity index is 238. The first-order valence-corrected chi connectivity index (χ1v) is 4.21. The summed E-state index contributed by atoms with van der Waals surface area (Å²) in [7, 11) is 3.95. The van der Waals surface area contributed by atoms with Crippen LogP contribution in [-0.2, 0) is 9.57 Å². The first-order valence-electron chi connectivity index (χ1n) is 4.21. The second-order valence-corrected chi connectivity index (χ2v) is 2.95. The number of oxime groups is 1. The van der Waals surface area contributed by atoms with Gasteiger partial charge in [0.15, 0.2) is 6.61 Å². The molecule has 0 bridgehead atoms. The van der Waals surface area contributed by atoms with E-state index >= 15 is 0 Å². The van der Waals surface area contributed by atoms with Crippen LogP contribution in [0.15, 0.2) is 5.16 Å². The fourth-order valence-corrected chi connectivity index (χ4v) is 0.779. The molecule has 0 atom stereocenters. The molecule has 1 aliphatic heterocycles. The fourth-order valence-electron chi connectivity index (χ4n) is 0.779. The lowest BCUT2D eigenvalue weighted by molar-refractivity contribution is 0.171. The van der Waals surface area contributed by atoms with Crippen LogP contribution in [0.3, 0.4) is 0 Å². The van der Waals surface area contributed by atoms with Crippen molar-refractivity contribution < 1.29 is 9.57 Å². The second kappa shape index (κ2) is 5.44. The van der Waals surface area contributed by atoms with Crippen molar-refractivity contribution in [2.24, 2.45) is 5.16 Å². The van der Waals surface area contributed by atoms with E-state index in [-0.39, 0.29) is 0 Å². The third-order valence-corrected chi connectivity index (χ3v) is 1.40. The predicted octanol–water partition coefficient (Wildman–Crippen LogP) is 0.302. The summed E-state index contributed by atoms with van der Waals surface area (Å²) in [6.07, 6.45) is 0.759. The average molecular weight is 182 g/mol. The Balaban J connectivity index is 2.08. The SMILES string of the molecule is CN(C)CC#CCOC1=NOCC1. The molecule has 4 heteroatoms. The van der Waals surface area contributed by atoms with E-state index in [1.165, 1.54) is 0 Å². The summed E-state index contributed by atoms with van der Waals surface area (Å²) < 4.78 is 5.22. The molecular formula is C9H14N2O2. The highest BCUT2D eigenvalue weighted by atomic mass is 16.7. The molecule has 0 saturated heterocycles.